The highest BCUT2D eigenvalue weighted by Crippen LogP contribution is 2.22. The van der Waals surface area contributed by atoms with Crippen molar-refractivity contribution in [3.63, 3.8) is 0 Å². The second-order valence-electron chi connectivity index (χ2n) is 5.91. The van der Waals surface area contributed by atoms with Crippen LogP contribution >= 0.6 is 0 Å². The molecule has 0 aromatic heterocycles. The Bertz CT molecular complexity index is 1030. The third-order valence-electron chi connectivity index (χ3n) is 3.62. The first kappa shape index (κ1) is 21.0. The summed E-state index contributed by atoms with van der Waals surface area (Å²) < 4.78 is 53.9. The average Bonchev–Trinajstić information content (AvgIpc) is 2.60. The molecule has 2 N–H and O–H groups in total. The number of hydrogen-bond donors (Lipinski definition) is 2. The molecule has 0 aliphatic heterocycles. The number of nitrogens with one attached hydrogen (secondary N) is 2. The van der Waals surface area contributed by atoms with Gasteiger partial charge in [0.25, 0.3) is 5.69 Å². The minimum atomic E-state index is -4.20. The fraction of sp³-hybridized carbons (Fsp3) is 0.250. The van der Waals surface area contributed by atoms with Crippen LogP contribution in [0.5, 0.6) is 0 Å². The Balaban J connectivity index is 2.10. The summed E-state index contributed by atoms with van der Waals surface area (Å²) in [6, 6.07) is 10.3. The van der Waals surface area contributed by atoms with Gasteiger partial charge in [0.15, 0.2) is 4.90 Å². The minimum Gasteiger partial charge on any atom is -0.258 e. The van der Waals surface area contributed by atoms with Gasteiger partial charge in [-0.2, -0.15) is 0 Å². The number of aryl methyl sites for hydroxylation is 1. The molecule has 0 radical (unpaired) electrons. The van der Waals surface area contributed by atoms with E-state index in [-0.39, 0.29) is 11.4 Å². The number of nitro benzene ring substituents is 1. The smallest absolute Gasteiger partial charge is 0.258 e. The largest absolute Gasteiger partial charge is 0.289 e. The van der Waals surface area contributed by atoms with Crippen LogP contribution in [0.1, 0.15) is 12.5 Å². The maximum absolute atomic E-state index is 12.4. The van der Waals surface area contributed by atoms with Gasteiger partial charge in [-0.1, -0.05) is 29.8 Å². The van der Waals surface area contributed by atoms with Gasteiger partial charge in [-0.05, 0) is 32.0 Å². The van der Waals surface area contributed by atoms with Gasteiger partial charge in [0.2, 0.25) is 20.0 Å². The first-order valence-corrected chi connectivity index (χ1v) is 10.8. The number of rotatable bonds is 8. The van der Waals surface area contributed by atoms with Crippen LogP contribution in [0, 0.1) is 17.0 Å². The Morgan fingerprint density at radius 2 is 1.59 bits per heavy atom. The van der Waals surface area contributed by atoms with Crippen molar-refractivity contribution in [2.24, 2.45) is 0 Å². The molecule has 0 saturated carbocycles. The van der Waals surface area contributed by atoms with E-state index < -0.39 is 41.6 Å². The molecule has 0 heterocycles. The van der Waals surface area contributed by atoms with Crippen LogP contribution in [-0.2, 0) is 20.0 Å². The Hall–Kier alpha value is -2.34. The maximum Gasteiger partial charge on any atom is 0.289 e. The van der Waals surface area contributed by atoms with Gasteiger partial charge in [0.1, 0.15) is 0 Å². The Kier molecular flexibility index (Phi) is 6.31. The molecule has 2 rings (SSSR count). The summed E-state index contributed by atoms with van der Waals surface area (Å²) in [4.78, 5) is 9.80. The summed E-state index contributed by atoms with van der Waals surface area (Å²) in [7, 11) is -8.01. The summed E-state index contributed by atoms with van der Waals surface area (Å²) in [6.45, 7) is 3.05. The van der Waals surface area contributed by atoms with Crippen molar-refractivity contribution in [1.29, 1.82) is 0 Å². The number of sulfonamides is 2. The van der Waals surface area contributed by atoms with Gasteiger partial charge >= 0.3 is 0 Å². The van der Waals surface area contributed by atoms with Crippen molar-refractivity contribution in [2.45, 2.75) is 29.7 Å². The minimum absolute atomic E-state index is 0.0573. The fourth-order valence-electron chi connectivity index (χ4n) is 2.24. The zero-order valence-electron chi connectivity index (χ0n) is 14.6. The monoisotopic (exact) mass is 413 g/mol. The molecule has 0 unspecified atom stereocenters. The molecule has 27 heavy (non-hydrogen) atoms. The van der Waals surface area contributed by atoms with Gasteiger partial charge in [-0.3, -0.25) is 10.1 Å². The SMILES string of the molecule is Cc1ccc(S(=O)(=O)NC[C@@H](C)NS(=O)(=O)c2ccccc2[N+](=O)[O-])cc1. The lowest BCUT2D eigenvalue weighted by Crippen LogP contribution is -2.41. The van der Waals surface area contributed by atoms with E-state index in [4.69, 9.17) is 0 Å². The lowest BCUT2D eigenvalue weighted by Gasteiger charge is -2.15. The highest BCUT2D eigenvalue weighted by atomic mass is 32.2. The van der Waals surface area contributed by atoms with Crippen LogP contribution in [-0.4, -0.2) is 34.3 Å². The summed E-state index contributed by atoms with van der Waals surface area (Å²) in [5, 5.41) is 11.0. The number of benzene rings is 2. The standard InChI is InChI=1S/C16H19N3O6S2/c1-12-7-9-14(10-8-12)26(22,23)17-11-13(2)18-27(24,25)16-6-4-3-5-15(16)19(20)21/h3-10,13,17-18H,11H2,1-2H3/t13-/m1/s1. The van der Waals surface area contributed by atoms with Crippen molar-refractivity contribution in [3.05, 3.63) is 64.2 Å². The zero-order chi connectivity index (χ0) is 20.2. The highest BCUT2D eigenvalue weighted by molar-refractivity contribution is 7.90. The van der Waals surface area contributed by atoms with E-state index in [9.17, 15) is 26.9 Å². The van der Waals surface area contributed by atoms with Gasteiger partial charge in [-0.25, -0.2) is 26.3 Å². The molecule has 2 aromatic carbocycles. The highest BCUT2D eigenvalue weighted by Gasteiger charge is 2.27. The summed E-state index contributed by atoms with van der Waals surface area (Å²) in [6.07, 6.45) is 0. The fourth-order valence-corrected chi connectivity index (χ4v) is 4.79. The average molecular weight is 413 g/mol. The van der Waals surface area contributed by atoms with Gasteiger partial charge in [-0.15, -0.1) is 0 Å². The van der Waals surface area contributed by atoms with E-state index in [2.05, 4.69) is 9.44 Å². The normalized spacial score (nSPS) is 13.3. The lowest BCUT2D eigenvalue weighted by atomic mass is 10.2. The number of hydrogen-bond acceptors (Lipinski definition) is 6. The third kappa shape index (κ3) is 5.32. The molecule has 11 heteroatoms. The van der Waals surface area contributed by atoms with E-state index in [1.165, 1.54) is 31.2 Å². The second-order valence-corrected chi connectivity index (χ2v) is 9.36. The van der Waals surface area contributed by atoms with Crippen LogP contribution in [0.2, 0.25) is 0 Å². The van der Waals surface area contributed by atoms with Crippen molar-refractivity contribution < 1.29 is 21.8 Å². The Labute approximate surface area is 157 Å². The van der Waals surface area contributed by atoms with Crippen LogP contribution in [0.15, 0.2) is 58.3 Å². The third-order valence-corrected chi connectivity index (χ3v) is 6.70. The first-order chi connectivity index (χ1) is 12.5. The van der Waals surface area contributed by atoms with Crippen molar-refractivity contribution in [2.75, 3.05) is 6.54 Å². The van der Waals surface area contributed by atoms with E-state index in [1.807, 2.05) is 6.92 Å². The second kappa shape index (κ2) is 8.13. The number of nitrogens with zero attached hydrogens (tertiary/aromatic N) is 1. The predicted molar refractivity (Wildman–Crippen MR) is 99.2 cm³/mol. The molecule has 0 aliphatic rings. The summed E-state index contributed by atoms with van der Waals surface area (Å²) in [5.74, 6) is 0. The molecule has 146 valence electrons. The van der Waals surface area contributed by atoms with Crippen LogP contribution < -0.4 is 9.44 Å². The molecule has 0 bridgehead atoms. The molecule has 1 atom stereocenters. The van der Waals surface area contributed by atoms with Crippen LogP contribution in [0.3, 0.4) is 0 Å². The van der Waals surface area contributed by atoms with Crippen LogP contribution in [0.25, 0.3) is 0 Å². The van der Waals surface area contributed by atoms with E-state index in [0.29, 0.717) is 0 Å². The lowest BCUT2D eigenvalue weighted by molar-refractivity contribution is -0.387. The molecule has 0 spiro atoms. The van der Waals surface area contributed by atoms with Crippen molar-refractivity contribution in [3.8, 4) is 0 Å². The summed E-state index contributed by atoms with van der Waals surface area (Å²) in [5.41, 5.74) is 0.344. The summed E-state index contributed by atoms with van der Waals surface area (Å²) >= 11 is 0. The van der Waals surface area contributed by atoms with E-state index in [1.54, 1.807) is 12.1 Å². The van der Waals surface area contributed by atoms with Crippen LogP contribution in [0.4, 0.5) is 5.69 Å². The topological polar surface area (TPSA) is 135 Å². The van der Waals surface area contributed by atoms with Crippen molar-refractivity contribution in [1.82, 2.24) is 9.44 Å². The van der Waals surface area contributed by atoms with E-state index >= 15 is 0 Å². The molecule has 0 aliphatic carbocycles. The molecular formula is C16H19N3O6S2. The zero-order valence-corrected chi connectivity index (χ0v) is 16.2. The molecule has 2 aromatic rings. The van der Waals surface area contributed by atoms with Gasteiger partial charge in [0.05, 0.1) is 9.82 Å². The maximum atomic E-state index is 12.4. The Morgan fingerprint density at radius 3 is 2.19 bits per heavy atom. The number of para-hydroxylation sites is 1. The molecule has 0 saturated heterocycles. The first-order valence-electron chi connectivity index (χ1n) is 7.85. The quantitative estimate of drug-likeness (QED) is 0.498. The molecular weight excluding hydrogens is 394 g/mol. The predicted octanol–water partition coefficient (Wildman–Crippen LogP) is 1.55. The molecule has 0 fully saturated rings. The van der Waals surface area contributed by atoms with E-state index in [0.717, 1.165) is 17.7 Å². The molecule has 9 nitrogen and oxygen atoms in total. The Morgan fingerprint density at radius 1 is 1.00 bits per heavy atom. The molecule has 0 amide bonds. The van der Waals surface area contributed by atoms with Gasteiger partial charge < -0.3 is 0 Å². The number of nitro groups is 1. The van der Waals surface area contributed by atoms with Crippen molar-refractivity contribution >= 4 is 25.7 Å². The van der Waals surface area contributed by atoms with Gasteiger partial charge in [0, 0.05) is 18.7 Å².